The van der Waals surface area contributed by atoms with Gasteiger partial charge >= 0.3 is 0 Å². The highest BCUT2D eigenvalue weighted by molar-refractivity contribution is 6.18. The molecule has 1 nitrogen and oxygen atoms in total. The minimum absolute atomic E-state index is 0.188. The van der Waals surface area contributed by atoms with Crippen LogP contribution in [0.15, 0.2) is 24.3 Å². The number of hydrogen-bond donors (Lipinski definition) is 0. The molecule has 0 spiro atoms. The van der Waals surface area contributed by atoms with Crippen LogP contribution in [-0.2, 0) is 4.74 Å². The zero-order chi connectivity index (χ0) is 12.0. The summed E-state index contributed by atoms with van der Waals surface area (Å²) >= 11 is 5.96. The summed E-state index contributed by atoms with van der Waals surface area (Å²) in [5, 5.41) is 0. The number of halogens is 2. The summed E-state index contributed by atoms with van der Waals surface area (Å²) in [5.41, 5.74) is 0.971. The molecule has 0 fully saturated rings. The fourth-order valence-corrected chi connectivity index (χ4v) is 2.29. The Labute approximate surface area is 102 Å². The largest absolute Gasteiger partial charge is 0.385 e. The summed E-state index contributed by atoms with van der Waals surface area (Å²) in [4.78, 5) is 0. The van der Waals surface area contributed by atoms with Crippen molar-refractivity contribution in [2.24, 2.45) is 5.92 Å². The van der Waals surface area contributed by atoms with Crippen molar-refractivity contribution in [3.05, 3.63) is 35.6 Å². The number of hydrogen-bond acceptors (Lipinski definition) is 1. The molecular weight excluding hydrogens is 227 g/mol. The Kier molecular flexibility index (Phi) is 5.78. The van der Waals surface area contributed by atoms with Crippen LogP contribution in [0.2, 0.25) is 0 Å². The van der Waals surface area contributed by atoms with Gasteiger partial charge in [0.25, 0.3) is 0 Å². The van der Waals surface area contributed by atoms with E-state index < -0.39 is 0 Å². The first-order valence-corrected chi connectivity index (χ1v) is 6.02. The first kappa shape index (κ1) is 13.5. The zero-order valence-electron chi connectivity index (χ0n) is 9.75. The summed E-state index contributed by atoms with van der Waals surface area (Å²) in [6.45, 7) is 2.83. The molecule has 2 atom stereocenters. The second-order valence-electron chi connectivity index (χ2n) is 4.07. The minimum Gasteiger partial charge on any atom is -0.385 e. The first-order chi connectivity index (χ1) is 7.69. The molecule has 0 radical (unpaired) electrons. The van der Waals surface area contributed by atoms with Gasteiger partial charge in [0.2, 0.25) is 0 Å². The molecule has 1 rings (SSSR count). The molecule has 2 unspecified atom stereocenters. The highest BCUT2D eigenvalue weighted by atomic mass is 35.5. The molecular formula is C13H18ClFO. The molecule has 0 aliphatic carbocycles. The van der Waals surface area contributed by atoms with E-state index in [0.717, 1.165) is 12.0 Å². The van der Waals surface area contributed by atoms with Crippen LogP contribution >= 0.6 is 11.6 Å². The van der Waals surface area contributed by atoms with Crippen molar-refractivity contribution in [1.29, 1.82) is 0 Å². The predicted molar refractivity (Wildman–Crippen MR) is 65.5 cm³/mol. The number of rotatable bonds is 6. The second-order valence-corrected chi connectivity index (χ2v) is 4.38. The van der Waals surface area contributed by atoms with Crippen LogP contribution in [0.5, 0.6) is 0 Å². The molecule has 0 aliphatic rings. The molecule has 0 heterocycles. The van der Waals surface area contributed by atoms with Crippen LogP contribution in [0.4, 0.5) is 4.39 Å². The van der Waals surface area contributed by atoms with E-state index in [1.54, 1.807) is 19.2 Å². The highest BCUT2D eigenvalue weighted by Crippen LogP contribution is 2.28. The predicted octanol–water partition coefficient (Wildman–Crippen LogP) is 3.82. The third-order valence-electron chi connectivity index (χ3n) is 2.91. The molecule has 0 saturated carbocycles. The lowest BCUT2D eigenvalue weighted by Crippen LogP contribution is -2.13. The molecule has 0 saturated heterocycles. The lowest BCUT2D eigenvalue weighted by atomic mass is 9.87. The van der Waals surface area contributed by atoms with E-state index in [1.807, 2.05) is 6.07 Å². The Balaban J connectivity index is 2.73. The smallest absolute Gasteiger partial charge is 0.123 e. The summed E-state index contributed by atoms with van der Waals surface area (Å²) < 4.78 is 18.2. The lowest BCUT2D eigenvalue weighted by Gasteiger charge is -2.22. The van der Waals surface area contributed by atoms with Crippen LogP contribution in [0.3, 0.4) is 0 Å². The van der Waals surface area contributed by atoms with Gasteiger partial charge in [-0.25, -0.2) is 4.39 Å². The number of alkyl halides is 1. The average molecular weight is 245 g/mol. The highest BCUT2D eigenvalue weighted by Gasteiger charge is 2.18. The van der Waals surface area contributed by atoms with Crippen molar-refractivity contribution in [3.8, 4) is 0 Å². The third kappa shape index (κ3) is 3.76. The van der Waals surface area contributed by atoms with Gasteiger partial charge in [-0.1, -0.05) is 19.1 Å². The van der Waals surface area contributed by atoms with Gasteiger partial charge in [-0.15, -0.1) is 11.6 Å². The van der Waals surface area contributed by atoms with Crippen LogP contribution in [-0.4, -0.2) is 19.6 Å². The monoisotopic (exact) mass is 244 g/mol. The molecule has 16 heavy (non-hydrogen) atoms. The number of methoxy groups -OCH3 is 1. The fraction of sp³-hybridized carbons (Fsp3) is 0.538. The van der Waals surface area contributed by atoms with Crippen molar-refractivity contribution in [1.82, 2.24) is 0 Å². The molecule has 0 N–H and O–H groups in total. The van der Waals surface area contributed by atoms with Crippen LogP contribution in [0, 0.1) is 11.7 Å². The Bertz CT molecular complexity index is 317. The third-order valence-corrected chi connectivity index (χ3v) is 3.24. The lowest BCUT2D eigenvalue weighted by molar-refractivity contribution is 0.176. The Hall–Kier alpha value is -0.600. The van der Waals surface area contributed by atoms with Crippen LogP contribution < -0.4 is 0 Å². The molecule has 3 heteroatoms. The SMILES string of the molecule is COCCC(C)C(CCl)c1cccc(F)c1. The van der Waals surface area contributed by atoms with Gasteiger partial charge in [0, 0.05) is 25.5 Å². The summed E-state index contributed by atoms with van der Waals surface area (Å²) in [5.74, 6) is 0.882. The van der Waals surface area contributed by atoms with E-state index in [4.69, 9.17) is 16.3 Å². The van der Waals surface area contributed by atoms with E-state index in [9.17, 15) is 4.39 Å². The average Bonchev–Trinajstić information content (AvgIpc) is 2.27. The molecule has 1 aromatic carbocycles. The van der Waals surface area contributed by atoms with Gasteiger partial charge in [0.15, 0.2) is 0 Å². The number of benzene rings is 1. The van der Waals surface area contributed by atoms with Crippen LogP contribution in [0.25, 0.3) is 0 Å². The molecule has 0 amide bonds. The van der Waals surface area contributed by atoms with Gasteiger partial charge in [0.05, 0.1) is 0 Å². The van der Waals surface area contributed by atoms with E-state index in [1.165, 1.54) is 6.07 Å². The molecule has 0 aromatic heterocycles. The molecule has 90 valence electrons. The Morgan fingerprint density at radius 3 is 2.75 bits per heavy atom. The molecule has 0 bridgehead atoms. The second kappa shape index (κ2) is 6.87. The molecule has 1 aromatic rings. The van der Waals surface area contributed by atoms with E-state index in [-0.39, 0.29) is 11.7 Å². The van der Waals surface area contributed by atoms with E-state index in [0.29, 0.717) is 18.4 Å². The fourth-order valence-electron chi connectivity index (χ4n) is 1.81. The van der Waals surface area contributed by atoms with Gasteiger partial charge in [-0.3, -0.25) is 0 Å². The van der Waals surface area contributed by atoms with Crippen molar-refractivity contribution < 1.29 is 9.13 Å². The van der Waals surface area contributed by atoms with Gasteiger partial charge in [-0.2, -0.15) is 0 Å². The zero-order valence-corrected chi connectivity index (χ0v) is 10.5. The summed E-state index contributed by atoms with van der Waals surface area (Å²) in [7, 11) is 1.69. The Morgan fingerprint density at radius 1 is 1.44 bits per heavy atom. The maximum absolute atomic E-state index is 13.1. The first-order valence-electron chi connectivity index (χ1n) is 5.49. The minimum atomic E-state index is -0.202. The standard InChI is InChI=1S/C13H18ClFO/c1-10(6-7-16-2)13(9-14)11-4-3-5-12(15)8-11/h3-5,8,10,13H,6-7,9H2,1-2H3. The van der Waals surface area contributed by atoms with E-state index >= 15 is 0 Å². The topological polar surface area (TPSA) is 9.23 Å². The number of ether oxygens (including phenoxy) is 1. The van der Waals surface area contributed by atoms with Crippen molar-refractivity contribution in [2.75, 3.05) is 19.6 Å². The summed E-state index contributed by atoms with van der Waals surface area (Å²) in [6.07, 6.45) is 0.935. The van der Waals surface area contributed by atoms with Crippen molar-refractivity contribution in [3.63, 3.8) is 0 Å². The maximum Gasteiger partial charge on any atom is 0.123 e. The van der Waals surface area contributed by atoms with Crippen molar-refractivity contribution >= 4 is 11.6 Å². The molecule has 0 aliphatic heterocycles. The summed E-state index contributed by atoms with van der Waals surface area (Å²) in [6, 6.07) is 6.68. The van der Waals surface area contributed by atoms with E-state index in [2.05, 4.69) is 6.92 Å². The van der Waals surface area contributed by atoms with Gasteiger partial charge < -0.3 is 4.74 Å². The quantitative estimate of drug-likeness (QED) is 0.692. The van der Waals surface area contributed by atoms with Gasteiger partial charge in [-0.05, 0) is 30.0 Å². The maximum atomic E-state index is 13.1. The normalized spacial score (nSPS) is 14.8. The van der Waals surface area contributed by atoms with Crippen molar-refractivity contribution in [2.45, 2.75) is 19.3 Å². The van der Waals surface area contributed by atoms with Gasteiger partial charge in [0.1, 0.15) is 5.82 Å². The van der Waals surface area contributed by atoms with Crippen LogP contribution in [0.1, 0.15) is 24.8 Å². The Morgan fingerprint density at radius 2 is 2.19 bits per heavy atom.